The summed E-state index contributed by atoms with van der Waals surface area (Å²) in [5.41, 5.74) is 2.57. The molecule has 0 radical (unpaired) electrons. The molecule has 1 N–H and O–H groups in total. The molecule has 9 nitrogen and oxygen atoms in total. The highest BCUT2D eigenvalue weighted by Crippen LogP contribution is 2.29. The van der Waals surface area contributed by atoms with E-state index in [9.17, 15) is 9.59 Å². The maximum absolute atomic E-state index is 13.8. The lowest BCUT2D eigenvalue weighted by Gasteiger charge is -2.36. The van der Waals surface area contributed by atoms with Gasteiger partial charge >= 0.3 is 0 Å². The number of amides is 2. The molecule has 44 heavy (non-hydrogen) atoms. The summed E-state index contributed by atoms with van der Waals surface area (Å²) >= 11 is 5.88. The van der Waals surface area contributed by atoms with Crippen LogP contribution in [0.2, 0.25) is 0 Å². The Morgan fingerprint density at radius 1 is 0.818 bits per heavy atom. The van der Waals surface area contributed by atoms with Gasteiger partial charge in [-0.15, -0.1) is 0 Å². The summed E-state index contributed by atoms with van der Waals surface area (Å²) in [6.07, 6.45) is 0.822. The van der Waals surface area contributed by atoms with Gasteiger partial charge in [-0.3, -0.25) is 19.4 Å². The first-order valence-electron chi connectivity index (χ1n) is 15.4. The molecule has 2 amide bonds. The Bertz CT molecular complexity index is 1400. The molecule has 2 fully saturated rings. The number of hydrogen-bond acceptors (Lipinski definition) is 7. The van der Waals surface area contributed by atoms with E-state index in [1.54, 1.807) is 17.0 Å². The SMILES string of the molecule is CCOc1ccc(NC(=O)C[C@H]2C(=O)N(c3ccc(OCC)cc3)C(=S)N2CCCN2CCN(c3ccccc3)CC2)cc1. The van der Waals surface area contributed by atoms with Crippen molar-refractivity contribution in [2.24, 2.45) is 0 Å². The topological polar surface area (TPSA) is 77.6 Å². The molecule has 232 valence electrons. The van der Waals surface area contributed by atoms with Crippen LogP contribution in [-0.4, -0.2) is 85.3 Å². The molecule has 0 spiro atoms. The lowest BCUT2D eigenvalue weighted by atomic mass is 10.1. The van der Waals surface area contributed by atoms with Gasteiger partial charge in [-0.25, -0.2) is 0 Å². The van der Waals surface area contributed by atoms with Gasteiger partial charge in [0.05, 0.1) is 25.3 Å². The fraction of sp³-hybridized carbons (Fsp3) is 0.382. The van der Waals surface area contributed by atoms with Crippen LogP contribution in [0.25, 0.3) is 0 Å². The van der Waals surface area contributed by atoms with Crippen LogP contribution < -0.4 is 24.6 Å². The monoisotopic (exact) mass is 615 g/mol. The highest BCUT2D eigenvalue weighted by atomic mass is 32.1. The van der Waals surface area contributed by atoms with E-state index in [4.69, 9.17) is 21.7 Å². The number of anilines is 3. The van der Waals surface area contributed by atoms with Crippen molar-refractivity contribution in [1.82, 2.24) is 9.80 Å². The van der Waals surface area contributed by atoms with Gasteiger partial charge in [-0.05, 0) is 99.7 Å². The third kappa shape index (κ3) is 7.67. The third-order valence-electron chi connectivity index (χ3n) is 7.92. The third-order valence-corrected chi connectivity index (χ3v) is 8.34. The van der Waals surface area contributed by atoms with Gasteiger partial charge in [0, 0.05) is 44.1 Å². The van der Waals surface area contributed by atoms with Crippen molar-refractivity contribution < 1.29 is 19.1 Å². The number of carbonyl (C=O) groups is 2. The molecular formula is C34H41N5O4S. The summed E-state index contributed by atoms with van der Waals surface area (Å²) in [6, 6.07) is 24.4. The molecule has 2 heterocycles. The second-order valence-electron chi connectivity index (χ2n) is 10.8. The Balaban J connectivity index is 1.23. The average Bonchev–Trinajstić information content (AvgIpc) is 3.27. The van der Waals surface area contributed by atoms with E-state index in [0.29, 0.717) is 36.2 Å². The van der Waals surface area contributed by atoms with Crippen molar-refractivity contribution >= 4 is 46.2 Å². The van der Waals surface area contributed by atoms with Crippen LogP contribution in [0.4, 0.5) is 17.1 Å². The first kappa shape index (κ1) is 31.3. The second kappa shape index (κ2) is 15.0. The molecule has 3 aromatic carbocycles. The zero-order chi connectivity index (χ0) is 30.9. The van der Waals surface area contributed by atoms with Crippen molar-refractivity contribution in [2.75, 3.05) is 67.6 Å². The van der Waals surface area contributed by atoms with Crippen LogP contribution in [0.1, 0.15) is 26.7 Å². The van der Waals surface area contributed by atoms with Gasteiger partial charge in [0.15, 0.2) is 5.11 Å². The normalized spacial score (nSPS) is 17.2. The Morgan fingerprint density at radius 3 is 2.05 bits per heavy atom. The minimum Gasteiger partial charge on any atom is -0.494 e. The van der Waals surface area contributed by atoms with E-state index in [1.165, 1.54) is 5.69 Å². The number of nitrogens with zero attached hydrogens (tertiary/aromatic N) is 4. The van der Waals surface area contributed by atoms with Gasteiger partial charge in [0.25, 0.3) is 5.91 Å². The van der Waals surface area contributed by atoms with E-state index >= 15 is 0 Å². The summed E-state index contributed by atoms with van der Waals surface area (Å²) in [7, 11) is 0. The molecule has 2 aliphatic rings. The van der Waals surface area contributed by atoms with Crippen molar-refractivity contribution in [1.29, 1.82) is 0 Å². The number of piperazine rings is 1. The predicted molar refractivity (Wildman–Crippen MR) is 179 cm³/mol. The highest BCUT2D eigenvalue weighted by molar-refractivity contribution is 7.80. The number of carbonyl (C=O) groups excluding carboxylic acids is 2. The molecule has 0 saturated carbocycles. The lowest BCUT2D eigenvalue weighted by molar-refractivity contribution is -0.124. The summed E-state index contributed by atoms with van der Waals surface area (Å²) in [4.78, 5) is 35.4. The minimum atomic E-state index is -0.688. The van der Waals surface area contributed by atoms with Crippen LogP contribution in [-0.2, 0) is 9.59 Å². The zero-order valence-electron chi connectivity index (χ0n) is 25.5. The highest BCUT2D eigenvalue weighted by Gasteiger charge is 2.44. The van der Waals surface area contributed by atoms with Crippen LogP contribution in [0.3, 0.4) is 0 Å². The van der Waals surface area contributed by atoms with Crippen molar-refractivity contribution in [3.63, 3.8) is 0 Å². The van der Waals surface area contributed by atoms with Gasteiger partial charge in [-0.1, -0.05) is 18.2 Å². The molecule has 2 aliphatic heterocycles. The summed E-state index contributed by atoms with van der Waals surface area (Å²) < 4.78 is 11.1. The van der Waals surface area contributed by atoms with E-state index in [-0.39, 0.29) is 18.2 Å². The Labute approximate surface area is 265 Å². The number of ether oxygens (including phenoxy) is 2. The molecule has 2 saturated heterocycles. The van der Waals surface area contributed by atoms with E-state index in [1.807, 2.05) is 61.2 Å². The molecule has 5 rings (SSSR count). The van der Waals surface area contributed by atoms with Gasteiger partial charge in [0.1, 0.15) is 17.5 Å². The van der Waals surface area contributed by atoms with Gasteiger partial charge in [0.2, 0.25) is 5.91 Å². The van der Waals surface area contributed by atoms with E-state index < -0.39 is 6.04 Å². The van der Waals surface area contributed by atoms with Crippen LogP contribution >= 0.6 is 12.2 Å². The van der Waals surface area contributed by atoms with Crippen molar-refractivity contribution in [3.8, 4) is 11.5 Å². The Kier molecular flexibility index (Phi) is 10.7. The molecular weight excluding hydrogens is 574 g/mol. The number of thiocarbonyl (C=S) groups is 1. The Morgan fingerprint density at radius 2 is 1.43 bits per heavy atom. The molecule has 0 aromatic heterocycles. The standard InChI is InChI=1S/C34H41N5O4S/c1-3-42-29-15-11-26(12-16-29)35-32(40)25-31-33(41)39(28-13-17-30(18-14-28)43-4-2)34(44)38(31)20-8-19-36-21-23-37(24-22-36)27-9-6-5-7-10-27/h5-7,9-18,31H,3-4,8,19-25H2,1-2H3,(H,35,40)/t31-/m0/s1. The Hall–Kier alpha value is -4.15. The second-order valence-corrected chi connectivity index (χ2v) is 11.2. The van der Waals surface area contributed by atoms with Crippen LogP contribution in [0, 0.1) is 0 Å². The molecule has 0 aliphatic carbocycles. The largest absolute Gasteiger partial charge is 0.494 e. The number of benzene rings is 3. The van der Waals surface area contributed by atoms with Crippen LogP contribution in [0.15, 0.2) is 78.9 Å². The maximum atomic E-state index is 13.8. The molecule has 0 unspecified atom stereocenters. The maximum Gasteiger partial charge on any atom is 0.256 e. The average molecular weight is 616 g/mol. The number of para-hydroxylation sites is 1. The van der Waals surface area contributed by atoms with Crippen LogP contribution in [0.5, 0.6) is 11.5 Å². The first-order valence-corrected chi connectivity index (χ1v) is 15.8. The first-order chi connectivity index (χ1) is 21.5. The van der Waals surface area contributed by atoms with E-state index in [0.717, 1.165) is 50.6 Å². The van der Waals surface area contributed by atoms with E-state index in [2.05, 4.69) is 39.4 Å². The summed E-state index contributed by atoms with van der Waals surface area (Å²) in [6.45, 7) is 10.4. The van der Waals surface area contributed by atoms with Crippen molar-refractivity contribution in [2.45, 2.75) is 32.7 Å². The summed E-state index contributed by atoms with van der Waals surface area (Å²) in [5, 5.41) is 3.35. The lowest BCUT2D eigenvalue weighted by Crippen LogP contribution is -2.47. The zero-order valence-corrected chi connectivity index (χ0v) is 26.3. The number of hydrogen-bond donors (Lipinski definition) is 1. The predicted octanol–water partition coefficient (Wildman–Crippen LogP) is 5.03. The fourth-order valence-electron chi connectivity index (χ4n) is 5.71. The molecule has 3 aromatic rings. The quantitative estimate of drug-likeness (QED) is 0.269. The summed E-state index contributed by atoms with van der Waals surface area (Å²) in [5.74, 6) is 1.02. The smallest absolute Gasteiger partial charge is 0.256 e. The van der Waals surface area contributed by atoms with Gasteiger partial charge in [-0.2, -0.15) is 0 Å². The fourth-order valence-corrected chi connectivity index (χ4v) is 6.12. The molecule has 1 atom stereocenters. The molecule has 0 bridgehead atoms. The molecule has 10 heteroatoms. The van der Waals surface area contributed by atoms with Crippen molar-refractivity contribution in [3.05, 3.63) is 78.9 Å². The minimum absolute atomic E-state index is 0.00450. The number of rotatable bonds is 13. The van der Waals surface area contributed by atoms with Gasteiger partial charge < -0.3 is 24.6 Å². The number of nitrogens with one attached hydrogen (secondary N) is 1.